The predicted octanol–water partition coefficient (Wildman–Crippen LogP) is 3.61. The standard InChI is InChI=1S/C31H37N4O4/c32-28(17-24-20-33-21-34-24)29(36)39-31(22-9-3-1-4-10-22,23-11-5-2-6-12-23)30(37)38-27-18-25-13-14-26(19-27)35(25)15-7-8-16-35/h1-6,9-12,20-21,25-28H,7-8,13-19,32H2,(H,33,34)/q+1/t25?,26?,27?,28-/m0/s1. The Labute approximate surface area is 229 Å². The Morgan fingerprint density at radius 2 is 1.56 bits per heavy atom. The number of carbonyl (C=O) groups is 2. The topological polar surface area (TPSA) is 107 Å². The van der Waals surface area contributed by atoms with E-state index in [0.29, 0.717) is 28.9 Å². The van der Waals surface area contributed by atoms with E-state index in [1.807, 2.05) is 36.4 Å². The molecule has 204 valence electrons. The molecule has 3 aromatic rings. The van der Waals surface area contributed by atoms with Gasteiger partial charge in [-0.15, -0.1) is 0 Å². The summed E-state index contributed by atoms with van der Waals surface area (Å²) in [5.41, 5.74) is 6.29. The lowest BCUT2D eigenvalue weighted by atomic mass is 9.85. The van der Waals surface area contributed by atoms with Crippen LogP contribution in [0.1, 0.15) is 55.3 Å². The highest BCUT2D eigenvalue weighted by atomic mass is 16.6. The largest absolute Gasteiger partial charge is 0.458 e. The molecule has 3 N–H and O–H groups in total. The number of rotatable bonds is 8. The van der Waals surface area contributed by atoms with Gasteiger partial charge in [-0.25, -0.2) is 9.78 Å². The summed E-state index contributed by atoms with van der Waals surface area (Å²) in [6.07, 6.45) is 9.84. The van der Waals surface area contributed by atoms with Crippen LogP contribution in [0.3, 0.4) is 0 Å². The molecule has 2 bridgehead atoms. The minimum Gasteiger partial charge on any atom is -0.458 e. The van der Waals surface area contributed by atoms with E-state index in [1.165, 1.54) is 49.6 Å². The Kier molecular flexibility index (Phi) is 6.99. The quantitative estimate of drug-likeness (QED) is 0.341. The molecule has 3 atom stereocenters. The highest BCUT2D eigenvalue weighted by Gasteiger charge is 2.57. The van der Waals surface area contributed by atoms with E-state index < -0.39 is 23.6 Å². The zero-order valence-corrected chi connectivity index (χ0v) is 22.2. The molecule has 39 heavy (non-hydrogen) atoms. The number of nitrogens with one attached hydrogen (secondary N) is 1. The summed E-state index contributed by atoms with van der Waals surface area (Å²) in [6.45, 7) is 2.50. The normalized spacial score (nSPS) is 24.4. The van der Waals surface area contributed by atoms with Crippen LogP contribution in [0.25, 0.3) is 0 Å². The molecule has 8 nitrogen and oxygen atoms in total. The fourth-order valence-corrected chi connectivity index (χ4v) is 7.39. The van der Waals surface area contributed by atoms with Crippen molar-refractivity contribution in [3.63, 3.8) is 0 Å². The Morgan fingerprint density at radius 3 is 2.10 bits per heavy atom. The average Bonchev–Trinajstić information content (AvgIpc) is 3.69. The van der Waals surface area contributed by atoms with Gasteiger partial charge in [0.2, 0.25) is 0 Å². The van der Waals surface area contributed by atoms with Crippen molar-refractivity contribution >= 4 is 11.9 Å². The van der Waals surface area contributed by atoms with Gasteiger partial charge in [-0.1, -0.05) is 60.7 Å². The van der Waals surface area contributed by atoms with E-state index in [0.717, 1.165) is 12.8 Å². The molecule has 3 saturated heterocycles. The van der Waals surface area contributed by atoms with Gasteiger partial charge in [0.1, 0.15) is 12.1 Å². The molecule has 1 aromatic heterocycles. The zero-order chi connectivity index (χ0) is 26.9. The number of aromatic nitrogens is 2. The molecular weight excluding hydrogens is 492 g/mol. The fraction of sp³-hybridized carbons (Fsp3) is 0.452. The first kappa shape index (κ1) is 25.8. The number of aromatic amines is 1. The molecule has 3 aliphatic heterocycles. The number of esters is 2. The first-order chi connectivity index (χ1) is 19.0. The molecule has 4 heterocycles. The van der Waals surface area contributed by atoms with Crippen molar-refractivity contribution < 1.29 is 23.5 Å². The third-order valence-electron chi connectivity index (χ3n) is 9.23. The van der Waals surface area contributed by atoms with Crippen LogP contribution in [0.2, 0.25) is 0 Å². The number of piperidine rings is 1. The Bertz CT molecular complexity index is 1220. The van der Waals surface area contributed by atoms with Crippen LogP contribution in [-0.2, 0) is 31.1 Å². The van der Waals surface area contributed by atoms with Crippen molar-refractivity contribution in [3.8, 4) is 0 Å². The maximum atomic E-state index is 14.4. The molecule has 6 rings (SSSR count). The minimum absolute atomic E-state index is 0.205. The molecule has 2 unspecified atom stereocenters. The van der Waals surface area contributed by atoms with E-state index in [4.69, 9.17) is 15.2 Å². The molecule has 0 saturated carbocycles. The number of carbonyl (C=O) groups excluding carboxylic acids is 2. The van der Waals surface area contributed by atoms with Crippen molar-refractivity contribution in [2.24, 2.45) is 5.73 Å². The average molecular weight is 530 g/mol. The highest BCUT2D eigenvalue weighted by molar-refractivity contribution is 5.90. The van der Waals surface area contributed by atoms with Crippen LogP contribution in [-0.4, -0.2) is 63.7 Å². The number of nitrogens with zero attached hydrogens (tertiary/aromatic N) is 2. The lowest BCUT2D eigenvalue weighted by Crippen LogP contribution is -2.60. The zero-order valence-electron chi connectivity index (χ0n) is 22.2. The first-order valence-corrected chi connectivity index (χ1v) is 14.2. The number of imidazole rings is 1. The van der Waals surface area contributed by atoms with Crippen molar-refractivity contribution in [1.82, 2.24) is 9.97 Å². The van der Waals surface area contributed by atoms with Crippen molar-refractivity contribution in [3.05, 3.63) is 90.0 Å². The van der Waals surface area contributed by atoms with Gasteiger partial charge in [0.25, 0.3) is 5.60 Å². The summed E-state index contributed by atoms with van der Waals surface area (Å²) < 4.78 is 13.8. The van der Waals surface area contributed by atoms with Crippen LogP contribution in [0.15, 0.2) is 73.2 Å². The molecular formula is C31H37N4O4+. The van der Waals surface area contributed by atoms with Crippen LogP contribution in [0.5, 0.6) is 0 Å². The van der Waals surface area contributed by atoms with Gasteiger partial charge < -0.3 is 24.7 Å². The number of ether oxygens (including phenoxy) is 2. The third-order valence-corrected chi connectivity index (χ3v) is 9.23. The van der Waals surface area contributed by atoms with Crippen LogP contribution in [0, 0.1) is 0 Å². The number of H-pyrrole nitrogens is 1. The minimum atomic E-state index is -1.78. The van der Waals surface area contributed by atoms with Gasteiger partial charge >= 0.3 is 11.9 Å². The lowest BCUT2D eigenvalue weighted by molar-refractivity contribution is -0.956. The van der Waals surface area contributed by atoms with Gasteiger partial charge in [0.05, 0.1) is 31.5 Å². The van der Waals surface area contributed by atoms with Gasteiger partial charge in [-0.3, -0.25) is 4.79 Å². The van der Waals surface area contributed by atoms with Crippen LogP contribution in [0.4, 0.5) is 0 Å². The lowest BCUT2D eigenvalue weighted by Gasteiger charge is -2.47. The molecule has 8 heteroatoms. The van der Waals surface area contributed by atoms with Crippen molar-refractivity contribution in [2.45, 2.75) is 74.8 Å². The van der Waals surface area contributed by atoms with Gasteiger partial charge in [-0.2, -0.15) is 0 Å². The summed E-state index contributed by atoms with van der Waals surface area (Å²) in [5, 5.41) is 0. The third kappa shape index (κ3) is 4.66. The molecule has 3 fully saturated rings. The maximum absolute atomic E-state index is 14.4. The monoisotopic (exact) mass is 529 g/mol. The smallest absolute Gasteiger partial charge is 0.360 e. The number of nitrogens with two attached hydrogens (primary N) is 1. The highest BCUT2D eigenvalue weighted by Crippen LogP contribution is 2.47. The van der Waals surface area contributed by atoms with Crippen molar-refractivity contribution in [1.29, 1.82) is 0 Å². The maximum Gasteiger partial charge on any atom is 0.360 e. The predicted molar refractivity (Wildman–Crippen MR) is 145 cm³/mol. The van der Waals surface area contributed by atoms with E-state index in [1.54, 1.807) is 30.5 Å². The second-order valence-corrected chi connectivity index (χ2v) is 11.4. The first-order valence-electron chi connectivity index (χ1n) is 14.2. The molecule has 1 spiro atoms. The van der Waals surface area contributed by atoms with Crippen molar-refractivity contribution in [2.75, 3.05) is 13.1 Å². The Balaban J connectivity index is 1.32. The Hall–Kier alpha value is -3.49. The van der Waals surface area contributed by atoms with Crippen LogP contribution >= 0.6 is 0 Å². The van der Waals surface area contributed by atoms with E-state index in [9.17, 15) is 9.59 Å². The molecule has 3 aliphatic rings. The van der Waals surface area contributed by atoms with E-state index in [-0.39, 0.29) is 12.5 Å². The second-order valence-electron chi connectivity index (χ2n) is 11.4. The summed E-state index contributed by atoms with van der Waals surface area (Å²) in [5.74, 6) is -1.25. The number of hydrogen-bond acceptors (Lipinski definition) is 6. The van der Waals surface area contributed by atoms with Gasteiger partial charge in [-0.05, 0) is 0 Å². The van der Waals surface area contributed by atoms with Gasteiger partial charge in [0.15, 0.2) is 0 Å². The van der Waals surface area contributed by atoms with E-state index >= 15 is 0 Å². The molecule has 2 aromatic carbocycles. The van der Waals surface area contributed by atoms with Gasteiger partial charge in [0, 0.05) is 68.0 Å². The summed E-state index contributed by atoms with van der Waals surface area (Å²) >= 11 is 0. The summed E-state index contributed by atoms with van der Waals surface area (Å²) in [6, 6.07) is 18.4. The second kappa shape index (κ2) is 10.6. The summed E-state index contributed by atoms with van der Waals surface area (Å²) in [7, 11) is 0. The van der Waals surface area contributed by atoms with Crippen LogP contribution < -0.4 is 5.73 Å². The number of hydrogen-bond donors (Lipinski definition) is 2. The number of quaternary nitrogens is 1. The Morgan fingerprint density at radius 1 is 0.974 bits per heavy atom. The molecule has 0 aliphatic carbocycles. The van der Waals surface area contributed by atoms with E-state index in [2.05, 4.69) is 9.97 Å². The fourth-order valence-electron chi connectivity index (χ4n) is 7.39. The molecule has 0 radical (unpaired) electrons. The SMILES string of the molecule is N[C@@H](Cc1cnc[nH]1)C(=O)OC(C(=O)OC1CC2CCC(C1)[N+]21CCCC1)(c1ccccc1)c1ccccc1. The number of benzene rings is 2. The summed E-state index contributed by atoms with van der Waals surface area (Å²) in [4.78, 5) is 34.9. The molecule has 0 amide bonds.